The first-order chi connectivity index (χ1) is 12.3. The first-order valence-corrected chi connectivity index (χ1v) is 8.56. The van der Waals surface area contributed by atoms with Crippen molar-refractivity contribution in [3.05, 3.63) is 35.4 Å². The zero-order valence-electron chi connectivity index (χ0n) is 14.5. The largest absolute Gasteiger partial charge is 0.481 e. The SMILES string of the molecule is C[C@@H]1[C@H](C(=O)O)CCCN1C(=O)CCCNC(=O)c1ccc(F)cc1F. The van der Waals surface area contributed by atoms with E-state index in [1.807, 2.05) is 0 Å². The first-order valence-electron chi connectivity index (χ1n) is 8.56. The van der Waals surface area contributed by atoms with Crippen LogP contribution in [0.2, 0.25) is 0 Å². The molecule has 8 heteroatoms. The predicted octanol–water partition coefficient (Wildman–Crippen LogP) is 2.19. The van der Waals surface area contributed by atoms with Crippen LogP contribution in [0, 0.1) is 17.6 Å². The van der Waals surface area contributed by atoms with Gasteiger partial charge in [0.1, 0.15) is 11.6 Å². The highest BCUT2D eigenvalue weighted by Gasteiger charge is 2.34. The van der Waals surface area contributed by atoms with Crippen LogP contribution in [-0.2, 0) is 9.59 Å². The number of hydrogen-bond acceptors (Lipinski definition) is 3. The van der Waals surface area contributed by atoms with Crippen molar-refractivity contribution < 1.29 is 28.3 Å². The van der Waals surface area contributed by atoms with Crippen molar-refractivity contribution in [2.24, 2.45) is 5.92 Å². The maximum atomic E-state index is 13.5. The summed E-state index contributed by atoms with van der Waals surface area (Å²) >= 11 is 0. The number of nitrogens with one attached hydrogen (secondary N) is 1. The molecule has 1 aliphatic heterocycles. The Morgan fingerprint density at radius 1 is 1.31 bits per heavy atom. The molecule has 1 aliphatic rings. The number of halogens is 2. The second kappa shape index (κ2) is 8.73. The summed E-state index contributed by atoms with van der Waals surface area (Å²) in [6.07, 6.45) is 1.70. The highest BCUT2D eigenvalue weighted by atomic mass is 19.1. The monoisotopic (exact) mass is 368 g/mol. The number of likely N-dealkylation sites (tertiary alicyclic amines) is 1. The summed E-state index contributed by atoms with van der Waals surface area (Å²) in [7, 11) is 0. The number of rotatable bonds is 6. The van der Waals surface area contributed by atoms with Crippen LogP contribution in [-0.4, -0.2) is 46.9 Å². The minimum absolute atomic E-state index is 0.156. The van der Waals surface area contributed by atoms with Crippen molar-refractivity contribution in [2.75, 3.05) is 13.1 Å². The molecule has 1 saturated heterocycles. The molecule has 2 N–H and O–H groups in total. The van der Waals surface area contributed by atoms with Crippen LogP contribution < -0.4 is 5.32 Å². The number of carbonyl (C=O) groups excluding carboxylic acids is 2. The highest BCUT2D eigenvalue weighted by molar-refractivity contribution is 5.94. The molecule has 0 aliphatic carbocycles. The van der Waals surface area contributed by atoms with Gasteiger partial charge in [-0.1, -0.05) is 0 Å². The van der Waals surface area contributed by atoms with Gasteiger partial charge in [0.15, 0.2) is 0 Å². The van der Waals surface area contributed by atoms with Crippen LogP contribution in [0.15, 0.2) is 18.2 Å². The first kappa shape index (κ1) is 19.8. The molecule has 1 aromatic rings. The van der Waals surface area contributed by atoms with Gasteiger partial charge < -0.3 is 15.3 Å². The molecule has 142 valence electrons. The Bertz CT molecular complexity index is 696. The summed E-state index contributed by atoms with van der Waals surface area (Å²) in [6, 6.07) is 2.33. The molecule has 26 heavy (non-hydrogen) atoms. The Labute approximate surface area is 150 Å². The summed E-state index contributed by atoms with van der Waals surface area (Å²) in [5.74, 6) is -4.00. The molecule has 0 bridgehead atoms. The number of piperidine rings is 1. The lowest BCUT2D eigenvalue weighted by Crippen LogP contribution is -2.49. The van der Waals surface area contributed by atoms with E-state index in [1.165, 1.54) is 0 Å². The molecular formula is C18H22F2N2O4. The summed E-state index contributed by atoms with van der Waals surface area (Å²) in [4.78, 5) is 36.9. The van der Waals surface area contributed by atoms with Gasteiger partial charge in [0.25, 0.3) is 5.91 Å². The molecule has 1 fully saturated rings. The smallest absolute Gasteiger partial charge is 0.308 e. The van der Waals surface area contributed by atoms with Crippen molar-refractivity contribution in [2.45, 2.75) is 38.6 Å². The lowest BCUT2D eigenvalue weighted by molar-refractivity contribution is -0.149. The van der Waals surface area contributed by atoms with Crippen molar-refractivity contribution in [3.8, 4) is 0 Å². The quantitative estimate of drug-likeness (QED) is 0.754. The van der Waals surface area contributed by atoms with Crippen molar-refractivity contribution in [1.82, 2.24) is 10.2 Å². The number of nitrogens with zero attached hydrogens (tertiary/aromatic N) is 1. The summed E-state index contributed by atoms with van der Waals surface area (Å²) in [5, 5.41) is 11.7. The second-order valence-electron chi connectivity index (χ2n) is 6.40. The Kier molecular flexibility index (Phi) is 6.65. The molecule has 0 spiro atoms. The Morgan fingerprint density at radius 3 is 2.69 bits per heavy atom. The van der Waals surface area contributed by atoms with Crippen LogP contribution in [0.1, 0.15) is 43.0 Å². The van der Waals surface area contributed by atoms with E-state index in [2.05, 4.69) is 5.32 Å². The normalized spacial score (nSPS) is 19.9. The predicted molar refractivity (Wildman–Crippen MR) is 89.5 cm³/mol. The van der Waals surface area contributed by atoms with Gasteiger partial charge in [-0.3, -0.25) is 14.4 Å². The molecule has 0 saturated carbocycles. The van der Waals surface area contributed by atoms with E-state index < -0.39 is 29.4 Å². The number of aliphatic carboxylic acids is 1. The fourth-order valence-electron chi connectivity index (χ4n) is 3.18. The van der Waals surface area contributed by atoms with Crippen LogP contribution in [0.5, 0.6) is 0 Å². The number of benzene rings is 1. The van der Waals surface area contributed by atoms with E-state index in [4.69, 9.17) is 0 Å². The zero-order valence-corrected chi connectivity index (χ0v) is 14.5. The van der Waals surface area contributed by atoms with E-state index >= 15 is 0 Å². The fraction of sp³-hybridized carbons (Fsp3) is 0.500. The minimum atomic E-state index is -0.944. The van der Waals surface area contributed by atoms with Crippen LogP contribution in [0.25, 0.3) is 0 Å². The third-order valence-corrected chi connectivity index (χ3v) is 4.65. The third kappa shape index (κ3) is 4.77. The van der Waals surface area contributed by atoms with E-state index in [-0.39, 0.29) is 30.5 Å². The van der Waals surface area contributed by atoms with Crippen molar-refractivity contribution >= 4 is 17.8 Å². The molecule has 2 amide bonds. The maximum Gasteiger partial charge on any atom is 0.308 e. The summed E-state index contributed by atoms with van der Waals surface area (Å²) in [5.41, 5.74) is -0.258. The molecule has 1 aromatic carbocycles. The van der Waals surface area contributed by atoms with Crippen LogP contribution in [0.4, 0.5) is 8.78 Å². The maximum absolute atomic E-state index is 13.5. The molecule has 2 rings (SSSR count). The standard InChI is InChI=1S/C18H22F2N2O4/c1-11-13(18(25)26)4-3-9-22(11)16(23)5-2-8-21-17(24)14-7-6-12(19)10-15(14)20/h6-7,10-11,13H,2-5,8-9H2,1H3,(H,21,24)(H,25,26)/t11-,13-/m1/s1. The molecular weight excluding hydrogens is 346 g/mol. The van der Waals surface area contributed by atoms with Gasteiger partial charge in [-0.25, -0.2) is 8.78 Å². The Morgan fingerprint density at radius 2 is 2.04 bits per heavy atom. The van der Waals surface area contributed by atoms with Gasteiger partial charge >= 0.3 is 5.97 Å². The molecule has 0 unspecified atom stereocenters. The lowest BCUT2D eigenvalue weighted by atomic mass is 9.90. The van der Waals surface area contributed by atoms with Gasteiger partial charge in [-0.2, -0.15) is 0 Å². The molecule has 1 heterocycles. The van der Waals surface area contributed by atoms with Gasteiger partial charge in [0.2, 0.25) is 5.91 Å². The van der Waals surface area contributed by atoms with E-state index in [9.17, 15) is 28.3 Å². The molecule has 0 aromatic heterocycles. The molecule has 0 radical (unpaired) electrons. The third-order valence-electron chi connectivity index (χ3n) is 4.65. The molecule has 6 nitrogen and oxygen atoms in total. The molecule has 2 atom stereocenters. The average molecular weight is 368 g/mol. The Balaban J connectivity index is 1.79. The second-order valence-corrected chi connectivity index (χ2v) is 6.40. The van der Waals surface area contributed by atoms with Gasteiger partial charge in [0.05, 0.1) is 11.5 Å². The number of carboxylic acids is 1. The van der Waals surface area contributed by atoms with Gasteiger partial charge in [-0.15, -0.1) is 0 Å². The van der Waals surface area contributed by atoms with Gasteiger partial charge in [-0.05, 0) is 38.3 Å². The number of hydrogen-bond donors (Lipinski definition) is 2. The number of carbonyl (C=O) groups is 3. The number of amides is 2. The van der Waals surface area contributed by atoms with Crippen molar-refractivity contribution in [3.63, 3.8) is 0 Å². The average Bonchev–Trinajstić information content (AvgIpc) is 2.58. The van der Waals surface area contributed by atoms with Crippen molar-refractivity contribution in [1.29, 1.82) is 0 Å². The van der Waals surface area contributed by atoms with Crippen LogP contribution >= 0.6 is 0 Å². The summed E-state index contributed by atoms with van der Waals surface area (Å²) < 4.78 is 26.4. The van der Waals surface area contributed by atoms with E-state index in [0.717, 1.165) is 12.1 Å². The number of carboxylic acid groups (broad SMARTS) is 1. The Hall–Kier alpha value is -2.51. The minimum Gasteiger partial charge on any atom is -0.481 e. The van der Waals surface area contributed by atoms with E-state index in [1.54, 1.807) is 11.8 Å². The lowest BCUT2D eigenvalue weighted by Gasteiger charge is -2.37. The van der Waals surface area contributed by atoms with Crippen LogP contribution in [0.3, 0.4) is 0 Å². The van der Waals surface area contributed by atoms with E-state index in [0.29, 0.717) is 31.9 Å². The fourth-order valence-corrected chi connectivity index (χ4v) is 3.18. The summed E-state index contributed by atoms with van der Waals surface area (Å²) in [6.45, 7) is 2.41. The van der Waals surface area contributed by atoms with Gasteiger partial charge in [0, 0.05) is 31.6 Å². The topological polar surface area (TPSA) is 86.7 Å². The highest BCUT2D eigenvalue weighted by Crippen LogP contribution is 2.24. The zero-order chi connectivity index (χ0) is 19.3.